The van der Waals surface area contributed by atoms with Gasteiger partial charge in [0.2, 0.25) is 0 Å². The number of nitrogens with one attached hydrogen (secondary N) is 1. The molecule has 2 aromatic rings. The molecule has 0 radical (unpaired) electrons. The van der Waals surface area contributed by atoms with Crippen LogP contribution in [0.25, 0.3) is 11.0 Å². The Balaban J connectivity index is 2.16. The Labute approximate surface area is 134 Å². The Morgan fingerprint density at radius 3 is 2.65 bits per heavy atom. The average molecular weight is 318 g/mol. The van der Waals surface area contributed by atoms with Gasteiger partial charge in [-0.3, -0.25) is 9.59 Å². The first kappa shape index (κ1) is 16.9. The molecule has 0 aromatic carbocycles. The van der Waals surface area contributed by atoms with E-state index < -0.39 is 11.5 Å². The zero-order chi connectivity index (χ0) is 17.2. The molecule has 0 aliphatic rings. The van der Waals surface area contributed by atoms with Gasteiger partial charge >= 0.3 is 5.97 Å². The van der Waals surface area contributed by atoms with Crippen LogP contribution in [0, 0.1) is 0 Å². The first-order valence-electron chi connectivity index (χ1n) is 7.57. The van der Waals surface area contributed by atoms with Gasteiger partial charge in [-0.2, -0.15) is 5.10 Å². The highest BCUT2D eigenvalue weighted by Gasteiger charge is 2.22. The monoisotopic (exact) mass is 318 g/mol. The van der Waals surface area contributed by atoms with E-state index in [1.54, 1.807) is 30.8 Å². The second kappa shape index (κ2) is 6.36. The fourth-order valence-electron chi connectivity index (χ4n) is 2.30. The molecule has 0 spiro atoms. The molecule has 7 nitrogen and oxygen atoms in total. The molecule has 0 saturated carbocycles. The van der Waals surface area contributed by atoms with Crippen molar-refractivity contribution >= 4 is 22.9 Å². The number of nitrogens with zero attached hydrogens (tertiary/aromatic N) is 3. The Hall–Kier alpha value is -2.44. The molecule has 0 fully saturated rings. The van der Waals surface area contributed by atoms with Gasteiger partial charge in [0.25, 0.3) is 5.91 Å². The SMILES string of the molecule is CC(C)n1ncc2cc(C(=O)NC(C)(C)CCC(=O)O)cnc21. The fourth-order valence-corrected chi connectivity index (χ4v) is 2.30. The van der Waals surface area contributed by atoms with Crippen LogP contribution in [0.1, 0.15) is 56.9 Å². The van der Waals surface area contributed by atoms with E-state index in [-0.39, 0.29) is 18.4 Å². The minimum atomic E-state index is -0.878. The smallest absolute Gasteiger partial charge is 0.303 e. The van der Waals surface area contributed by atoms with Crippen LogP contribution >= 0.6 is 0 Å². The van der Waals surface area contributed by atoms with Crippen LogP contribution in [0.15, 0.2) is 18.5 Å². The van der Waals surface area contributed by atoms with Crippen LogP contribution < -0.4 is 5.32 Å². The number of pyridine rings is 1. The lowest BCUT2D eigenvalue weighted by molar-refractivity contribution is -0.137. The van der Waals surface area contributed by atoms with Gasteiger partial charge in [-0.25, -0.2) is 9.67 Å². The summed E-state index contributed by atoms with van der Waals surface area (Å²) in [7, 11) is 0. The third-order valence-corrected chi connectivity index (χ3v) is 3.60. The largest absolute Gasteiger partial charge is 0.481 e. The Morgan fingerprint density at radius 2 is 2.04 bits per heavy atom. The molecule has 1 amide bonds. The molecule has 23 heavy (non-hydrogen) atoms. The van der Waals surface area contributed by atoms with Gasteiger partial charge in [0.1, 0.15) is 0 Å². The molecular formula is C16H22N4O3. The number of carbonyl (C=O) groups excluding carboxylic acids is 1. The number of hydrogen-bond acceptors (Lipinski definition) is 4. The van der Waals surface area contributed by atoms with Crippen molar-refractivity contribution in [2.75, 3.05) is 0 Å². The van der Waals surface area contributed by atoms with Crippen LogP contribution in [0.4, 0.5) is 0 Å². The molecule has 0 aliphatic heterocycles. The lowest BCUT2D eigenvalue weighted by Gasteiger charge is -2.25. The van der Waals surface area contributed by atoms with Crippen molar-refractivity contribution in [1.29, 1.82) is 0 Å². The second-order valence-corrected chi connectivity index (χ2v) is 6.55. The maximum Gasteiger partial charge on any atom is 0.303 e. The molecule has 124 valence electrons. The van der Waals surface area contributed by atoms with Crippen molar-refractivity contribution in [2.24, 2.45) is 0 Å². The maximum atomic E-state index is 12.4. The highest BCUT2D eigenvalue weighted by atomic mass is 16.4. The quantitative estimate of drug-likeness (QED) is 0.852. The van der Waals surface area contributed by atoms with Crippen LogP contribution in [0.3, 0.4) is 0 Å². The summed E-state index contributed by atoms with van der Waals surface area (Å²) in [5.41, 5.74) is 0.568. The third kappa shape index (κ3) is 4.06. The van der Waals surface area contributed by atoms with Crippen molar-refractivity contribution in [3.63, 3.8) is 0 Å². The van der Waals surface area contributed by atoms with Gasteiger partial charge in [-0.15, -0.1) is 0 Å². The number of carboxylic acids is 1. The van der Waals surface area contributed by atoms with Crippen molar-refractivity contribution < 1.29 is 14.7 Å². The fraction of sp³-hybridized carbons (Fsp3) is 0.500. The number of aromatic nitrogens is 3. The van der Waals surface area contributed by atoms with Crippen LogP contribution in [0.5, 0.6) is 0 Å². The summed E-state index contributed by atoms with van der Waals surface area (Å²) >= 11 is 0. The maximum absolute atomic E-state index is 12.4. The van der Waals surface area contributed by atoms with E-state index in [2.05, 4.69) is 15.4 Å². The highest BCUT2D eigenvalue weighted by molar-refractivity contribution is 5.97. The van der Waals surface area contributed by atoms with Crippen LogP contribution in [-0.2, 0) is 4.79 Å². The molecule has 2 N–H and O–H groups in total. The normalized spacial score (nSPS) is 11.9. The first-order valence-corrected chi connectivity index (χ1v) is 7.57. The summed E-state index contributed by atoms with van der Waals surface area (Å²) < 4.78 is 1.80. The molecule has 0 saturated heterocycles. The topological polar surface area (TPSA) is 97.1 Å². The number of fused-ring (bicyclic) bond motifs is 1. The molecule has 2 rings (SSSR count). The van der Waals surface area contributed by atoms with Gasteiger partial charge in [0, 0.05) is 29.6 Å². The minimum Gasteiger partial charge on any atom is -0.481 e. The molecule has 0 atom stereocenters. The molecule has 7 heteroatoms. The number of carbonyl (C=O) groups is 2. The zero-order valence-electron chi connectivity index (χ0n) is 13.8. The summed E-state index contributed by atoms with van der Waals surface area (Å²) in [4.78, 5) is 27.4. The third-order valence-electron chi connectivity index (χ3n) is 3.60. The predicted molar refractivity (Wildman–Crippen MR) is 86.3 cm³/mol. The lowest BCUT2D eigenvalue weighted by Crippen LogP contribution is -2.43. The predicted octanol–water partition coefficient (Wildman–Crippen LogP) is 2.39. The van der Waals surface area contributed by atoms with E-state index in [0.29, 0.717) is 12.0 Å². The number of carboxylic acid groups (broad SMARTS) is 1. The summed E-state index contributed by atoms with van der Waals surface area (Å²) in [5, 5.41) is 16.7. The standard InChI is InChI=1S/C16H22N4O3/c1-10(2)20-14-11(9-18-20)7-12(8-17-14)15(23)19-16(3,4)6-5-13(21)22/h7-10H,5-6H2,1-4H3,(H,19,23)(H,21,22). The second-order valence-electron chi connectivity index (χ2n) is 6.55. The zero-order valence-corrected chi connectivity index (χ0v) is 13.8. The molecule has 2 aromatic heterocycles. The molecular weight excluding hydrogens is 296 g/mol. The summed E-state index contributed by atoms with van der Waals surface area (Å²) in [6, 6.07) is 1.94. The van der Waals surface area contributed by atoms with Gasteiger partial charge in [0.05, 0.1) is 11.8 Å². The summed E-state index contributed by atoms with van der Waals surface area (Å²) in [6.45, 7) is 7.63. The van der Waals surface area contributed by atoms with Gasteiger partial charge in [0.15, 0.2) is 5.65 Å². The first-order chi connectivity index (χ1) is 10.7. The number of rotatable bonds is 6. The van der Waals surface area contributed by atoms with Gasteiger partial charge in [-0.05, 0) is 40.2 Å². The van der Waals surface area contributed by atoms with Crippen LogP contribution in [0.2, 0.25) is 0 Å². The van der Waals surface area contributed by atoms with Crippen LogP contribution in [-0.4, -0.2) is 37.3 Å². The van der Waals surface area contributed by atoms with E-state index in [0.717, 1.165) is 11.0 Å². The molecule has 2 heterocycles. The van der Waals surface area contributed by atoms with Crippen molar-refractivity contribution in [3.8, 4) is 0 Å². The van der Waals surface area contributed by atoms with Crippen molar-refractivity contribution in [1.82, 2.24) is 20.1 Å². The van der Waals surface area contributed by atoms with Crippen molar-refractivity contribution in [3.05, 3.63) is 24.0 Å². The number of aliphatic carboxylic acids is 1. The van der Waals surface area contributed by atoms with E-state index >= 15 is 0 Å². The number of amides is 1. The molecule has 0 unspecified atom stereocenters. The highest BCUT2D eigenvalue weighted by Crippen LogP contribution is 2.18. The van der Waals surface area contributed by atoms with E-state index in [9.17, 15) is 9.59 Å². The van der Waals surface area contributed by atoms with E-state index in [1.165, 1.54) is 6.20 Å². The summed E-state index contributed by atoms with van der Waals surface area (Å²) in [6.07, 6.45) is 3.57. The molecule has 0 aliphatic carbocycles. The minimum absolute atomic E-state index is 0.00568. The van der Waals surface area contributed by atoms with E-state index in [4.69, 9.17) is 5.11 Å². The van der Waals surface area contributed by atoms with Gasteiger partial charge < -0.3 is 10.4 Å². The Morgan fingerprint density at radius 1 is 1.35 bits per heavy atom. The van der Waals surface area contributed by atoms with Gasteiger partial charge in [-0.1, -0.05) is 0 Å². The van der Waals surface area contributed by atoms with Crippen molar-refractivity contribution in [2.45, 2.75) is 52.1 Å². The van der Waals surface area contributed by atoms with E-state index in [1.807, 2.05) is 13.8 Å². The summed E-state index contributed by atoms with van der Waals surface area (Å²) in [5.74, 6) is -1.15. The lowest BCUT2D eigenvalue weighted by atomic mass is 9.98. The Bertz CT molecular complexity index is 734. The molecule has 0 bridgehead atoms. The Kier molecular flexibility index (Phi) is 4.68. The number of hydrogen-bond donors (Lipinski definition) is 2. The average Bonchev–Trinajstić information content (AvgIpc) is 2.87.